The smallest absolute Gasteiger partial charge is 0.422 e. The molecule has 1 heterocycles. The number of allylic oxidation sites excluding steroid dienone is 2. The summed E-state index contributed by atoms with van der Waals surface area (Å²) >= 11 is 3.17. The van der Waals surface area contributed by atoms with Gasteiger partial charge < -0.3 is 9.64 Å². The number of halogens is 4. The third-order valence-corrected chi connectivity index (χ3v) is 1.90. The average Bonchev–Trinajstić information content (AvgIpc) is 1.97. The first-order valence-electron chi connectivity index (χ1n) is 3.84. The molecule has 0 saturated carbocycles. The molecule has 0 bridgehead atoms. The molecule has 1 rings (SSSR count). The standard InChI is InChI=1S/C8H9BrF3NO/c1-13-3-6(9)2-7(4-13)14-5-8(10,11)12/h2-3H,4-5H2,1H3. The van der Waals surface area contributed by atoms with E-state index >= 15 is 0 Å². The zero-order valence-electron chi connectivity index (χ0n) is 7.44. The van der Waals surface area contributed by atoms with Crippen LogP contribution in [0.15, 0.2) is 22.5 Å². The highest BCUT2D eigenvalue weighted by atomic mass is 79.9. The minimum atomic E-state index is -4.28. The van der Waals surface area contributed by atoms with E-state index < -0.39 is 12.8 Å². The Labute approximate surface area is 88.1 Å². The molecule has 0 saturated heterocycles. The molecule has 14 heavy (non-hydrogen) atoms. The molecule has 1 aliphatic rings. The fourth-order valence-electron chi connectivity index (χ4n) is 1.00. The van der Waals surface area contributed by atoms with E-state index in [1.54, 1.807) is 18.1 Å². The van der Waals surface area contributed by atoms with Crippen molar-refractivity contribution in [3.05, 3.63) is 22.5 Å². The predicted molar refractivity (Wildman–Crippen MR) is 49.7 cm³/mol. The molecule has 80 valence electrons. The fourth-order valence-corrected chi connectivity index (χ4v) is 1.61. The molecular formula is C8H9BrF3NO. The Kier molecular flexibility index (Phi) is 3.47. The topological polar surface area (TPSA) is 12.5 Å². The first-order valence-corrected chi connectivity index (χ1v) is 4.64. The van der Waals surface area contributed by atoms with Gasteiger partial charge >= 0.3 is 6.18 Å². The van der Waals surface area contributed by atoms with Crippen LogP contribution >= 0.6 is 15.9 Å². The lowest BCUT2D eigenvalue weighted by Crippen LogP contribution is -2.23. The van der Waals surface area contributed by atoms with Crippen molar-refractivity contribution in [2.24, 2.45) is 0 Å². The monoisotopic (exact) mass is 271 g/mol. The summed E-state index contributed by atoms with van der Waals surface area (Å²) in [4.78, 5) is 1.73. The van der Waals surface area contributed by atoms with E-state index in [-0.39, 0.29) is 0 Å². The summed E-state index contributed by atoms with van der Waals surface area (Å²) < 4.78 is 40.7. The van der Waals surface area contributed by atoms with Gasteiger partial charge in [-0.2, -0.15) is 13.2 Å². The zero-order chi connectivity index (χ0) is 10.8. The van der Waals surface area contributed by atoms with Crippen LogP contribution in [0.2, 0.25) is 0 Å². The highest BCUT2D eigenvalue weighted by Gasteiger charge is 2.29. The Morgan fingerprint density at radius 3 is 2.71 bits per heavy atom. The Morgan fingerprint density at radius 1 is 1.57 bits per heavy atom. The Morgan fingerprint density at radius 2 is 2.21 bits per heavy atom. The van der Waals surface area contributed by atoms with Crippen molar-refractivity contribution in [1.82, 2.24) is 4.90 Å². The molecule has 0 aromatic rings. The minimum Gasteiger partial charge on any atom is -0.487 e. The second kappa shape index (κ2) is 4.25. The highest BCUT2D eigenvalue weighted by molar-refractivity contribution is 9.11. The van der Waals surface area contributed by atoms with Crippen LogP contribution in [0.5, 0.6) is 0 Å². The van der Waals surface area contributed by atoms with Crippen LogP contribution in [-0.4, -0.2) is 31.3 Å². The second-order valence-electron chi connectivity index (χ2n) is 2.94. The van der Waals surface area contributed by atoms with E-state index in [0.29, 0.717) is 16.8 Å². The van der Waals surface area contributed by atoms with Crippen molar-refractivity contribution in [3.8, 4) is 0 Å². The lowest BCUT2D eigenvalue weighted by atomic mass is 10.3. The van der Waals surface area contributed by atoms with E-state index in [1.165, 1.54) is 6.08 Å². The number of likely N-dealkylation sites (N-methyl/N-ethyl adjacent to an activating group) is 1. The van der Waals surface area contributed by atoms with Gasteiger partial charge in [-0.15, -0.1) is 0 Å². The molecule has 6 heteroatoms. The summed E-state index contributed by atoms with van der Waals surface area (Å²) in [6, 6.07) is 0. The van der Waals surface area contributed by atoms with Crippen molar-refractivity contribution in [2.75, 3.05) is 20.2 Å². The van der Waals surface area contributed by atoms with Crippen LogP contribution in [0.25, 0.3) is 0 Å². The van der Waals surface area contributed by atoms with Crippen molar-refractivity contribution in [2.45, 2.75) is 6.18 Å². The first-order chi connectivity index (χ1) is 6.37. The maximum atomic E-state index is 11.8. The normalized spacial score (nSPS) is 17.6. The van der Waals surface area contributed by atoms with Crippen molar-refractivity contribution in [1.29, 1.82) is 0 Å². The summed E-state index contributed by atoms with van der Waals surface area (Å²) in [6.07, 6.45) is -0.987. The Balaban J connectivity index is 2.50. The van der Waals surface area contributed by atoms with Gasteiger partial charge in [0, 0.05) is 17.7 Å². The van der Waals surface area contributed by atoms with Gasteiger partial charge in [0.15, 0.2) is 6.61 Å². The van der Waals surface area contributed by atoms with Gasteiger partial charge in [0.2, 0.25) is 0 Å². The van der Waals surface area contributed by atoms with Crippen LogP contribution in [0.3, 0.4) is 0 Å². The maximum Gasteiger partial charge on any atom is 0.422 e. The van der Waals surface area contributed by atoms with Crippen molar-refractivity contribution < 1.29 is 17.9 Å². The largest absolute Gasteiger partial charge is 0.487 e. The van der Waals surface area contributed by atoms with Crippen molar-refractivity contribution >= 4 is 15.9 Å². The molecular weight excluding hydrogens is 263 g/mol. The Hall–Kier alpha value is -0.650. The van der Waals surface area contributed by atoms with Crippen LogP contribution in [0, 0.1) is 0 Å². The third kappa shape index (κ3) is 4.04. The van der Waals surface area contributed by atoms with Gasteiger partial charge in [-0.05, 0) is 22.0 Å². The van der Waals surface area contributed by atoms with Gasteiger partial charge in [-0.1, -0.05) is 0 Å². The van der Waals surface area contributed by atoms with Gasteiger partial charge in [0.25, 0.3) is 0 Å². The number of nitrogens with zero attached hydrogens (tertiary/aromatic N) is 1. The quantitative estimate of drug-likeness (QED) is 0.766. The molecule has 0 aromatic heterocycles. The van der Waals surface area contributed by atoms with E-state index in [1.807, 2.05) is 0 Å². The van der Waals surface area contributed by atoms with Crippen molar-refractivity contribution in [3.63, 3.8) is 0 Å². The lowest BCUT2D eigenvalue weighted by molar-refractivity contribution is -0.165. The average molecular weight is 272 g/mol. The maximum absolute atomic E-state index is 11.8. The van der Waals surface area contributed by atoms with E-state index in [9.17, 15) is 13.2 Å². The van der Waals surface area contributed by atoms with Crippen LogP contribution in [0.1, 0.15) is 0 Å². The SMILES string of the molecule is CN1C=C(Br)C=C(OCC(F)(F)F)C1. The number of ether oxygens (including phenoxy) is 1. The van der Waals surface area contributed by atoms with Gasteiger partial charge in [-0.3, -0.25) is 0 Å². The summed E-state index contributed by atoms with van der Waals surface area (Å²) in [7, 11) is 1.76. The molecule has 0 amide bonds. The van der Waals surface area contributed by atoms with E-state index in [0.717, 1.165) is 0 Å². The molecule has 0 aromatic carbocycles. The molecule has 0 radical (unpaired) electrons. The molecule has 0 N–H and O–H groups in total. The summed E-state index contributed by atoms with van der Waals surface area (Å²) in [5.74, 6) is 0.305. The second-order valence-corrected chi connectivity index (χ2v) is 3.86. The first kappa shape index (κ1) is 11.4. The van der Waals surface area contributed by atoms with Gasteiger partial charge in [0.05, 0.1) is 6.54 Å². The molecule has 0 fully saturated rings. The summed E-state index contributed by atoms with van der Waals surface area (Å²) in [5, 5.41) is 0. The van der Waals surface area contributed by atoms with Crippen LogP contribution in [-0.2, 0) is 4.74 Å². The van der Waals surface area contributed by atoms with Gasteiger partial charge in [0.1, 0.15) is 5.76 Å². The number of hydrogen-bond donors (Lipinski definition) is 0. The highest BCUT2D eigenvalue weighted by Crippen LogP contribution is 2.21. The predicted octanol–water partition coefficient (Wildman–Crippen LogP) is 2.63. The van der Waals surface area contributed by atoms with Gasteiger partial charge in [-0.25, -0.2) is 0 Å². The summed E-state index contributed by atoms with van der Waals surface area (Å²) in [6.45, 7) is -0.891. The molecule has 0 unspecified atom stereocenters. The number of rotatable bonds is 2. The lowest BCUT2D eigenvalue weighted by Gasteiger charge is -2.22. The van der Waals surface area contributed by atoms with Crippen LogP contribution in [0.4, 0.5) is 13.2 Å². The Bertz CT molecular complexity index is 272. The summed E-state index contributed by atoms with van der Waals surface area (Å²) in [5.41, 5.74) is 0. The molecule has 0 aliphatic carbocycles. The number of hydrogen-bond acceptors (Lipinski definition) is 2. The van der Waals surface area contributed by atoms with E-state index in [4.69, 9.17) is 0 Å². The number of alkyl halides is 3. The minimum absolute atomic E-state index is 0.305. The molecule has 1 aliphatic heterocycles. The zero-order valence-corrected chi connectivity index (χ0v) is 9.02. The van der Waals surface area contributed by atoms with Crippen LogP contribution < -0.4 is 0 Å². The fraction of sp³-hybridized carbons (Fsp3) is 0.500. The molecule has 2 nitrogen and oxygen atoms in total. The molecule has 0 spiro atoms. The molecule has 0 atom stereocenters. The third-order valence-electron chi connectivity index (χ3n) is 1.47. The van der Waals surface area contributed by atoms with E-state index in [2.05, 4.69) is 20.7 Å².